The summed E-state index contributed by atoms with van der Waals surface area (Å²) in [6, 6.07) is 26.2. The van der Waals surface area contributed by atoms with Crippen molar-refractivity contribution in [2.24, 2.45) is 5.92 Å². The van der Waals surface area contributed by atoms with E-state index in [1.165, 1.54) is 102 Å². The lowest BCUT2D eigenvalue weighted by molar-refractivity contribution is 0.303. The lowest BCUT2D eigenvalue weighted by Crippen LogP contribution is -2.49. The molecule has 2 fully saturated rings. The molecule has 0 nitrogen and oxygen atoms in total. The van der Waals surface area contributed by atoms with Crippen LogP contribution in [0.2, 0.25) is 18.1 Å². The summed E-state index contributed by atoms with van der Waals surface area (Å²) in [4.78, 5) is 0. The molecule has 0 bridgehead atoms. The molecule has 2 aromatic carbocycles. The molecule has 0 atom stereocenters. The Labute approximate surface area is 212 Å². The van der Waals surface area contributed by atoms with Gasteiger partial charge in [-0.1, -0.05) is 137 Å². The van der Waals surface area contributed by atoms with Crippen molar-refractivity contribution < 1.29 is 0 Å². The van der Waals surface area contributed by atoms with Crippen LogP contribution in [0.3, 0.4) is 0 Å². The van der Waals surface area contributed by atoms with E-state index in [1.807, 2.05) is 0 Å². The summed E-state index contributed by atoms with van der Waals surface area (Å²) in [6.07, 6.45) is 18.5. The average Bonchev–Trinajstić information content (AvgIpc) is 2.90. The van der Waals surface area contributed by atoms with Crippen LogP contribution in [0.4, 0.5) is 0 Å². The van der Waals surface area contributed by atoms with Gasteiger partial charge in [0, 0.05) is 0 Å². The molecule has 34 heavy (non-hydrogen) atoms. The Morgan fingerprint density at radius 3 is 1.76 bits per heavy atom. The van der Waals surface area contributed by atoms with E-state index in [9.17, 15) is 0 Å². The van der Waals surface area contributed by atoms with Crippen LogP contribution in [0.15, 0.2) is 54.6 Å². The van der Waals surface area contributed by atoms with Gasteiger partial charge >= 0.3 is 0 Å². The van der Waals surface area contributed by atoms with Gasteiger partial charge in [-0.05, 0) is 67.4 Å². The molecule has 0 spiro atoms. The average molecular weight is 475 g/mol. The fourth-order valence-electron chi connectivity index (χ4n) is 7.20. The van der Waals surface area contributed by atoms with Crippen molar-refractivity contribution in [3.63, 3.8) is 0 Å². The van der Waals surface area contributed by atoms with E-state index in [1.54, 1.807) is 16.3 Å². The third-order valence-electron chi connectivity index (χ3n) is 9.53. The number of rotatable bonds is 11. The Kier molecular flexibility index (Phi) is 9.92. The lowest BCUT2D eigenvalue weighted by Gasteiger charge is -2.39. The van der Waals surface area contributed by atoms with Gasteiger partial charge in [-0.25, -0.2) is 0 Å². The molecule has 0 unspecified atom stereocenters. The molecule has 2 aromatic rings. The molecule has 0 N–H and O–H groups in total. The topological polar surface area (TPSA) is 0 Å². The predicted molar refractivity (Wildman–Crippen MR) is 153 cm³/mol. The van der Waals surface area contributed by atoms with Crippen LogP contribution in [0, 0.1) is 5.92 Å². The summed E-state index contributed by atoms with van der Waals surface area (Å²) in [7, 11) is -1.33. The predicted octanol–water partition coefficient (Wildman–Crippen LogP) is 9.96. The highest BCUT2D eigenvalue weighted by Crippen LogP contribution is 2.42. The van der Waals surface area contributed by atoms with Gasteiger partial charge < -0.3 is 0 Å². The van der Waals surface area contributed by atoms with E-state index in [0.717, 1.165) is 17.8 Å². The highest BCUT2D eigenvalue weighted by Gasteiger charge is 2.38. The third kappa shape index (κ3) is 6.65. The van der Waals surface area contributed by atoms with Crippen LogP contribution in [-0.2, 0) is 0 Å². The maximum atomic E-state index is 2.52. The molecular formula is C33H50Si. The first-order chi connectivity index (χ1) is 16.7. The van der Waals surface area contributed by atoms with Gasteiger partial charge in [0.15, 0.2) is 0 Å². The Hall–Kier alpha value is -1.34. The maximum Gasteiger partial charge on any atom is 0.0867 e. The summed E-state index contributed by atoms with van der Waals surface area (Å²) in [5.74, 6) is 2.62. The van der Waals surface area contributed by atoms with Gasteiger partial charge in [0.1, 0.15) is 0 Å². The Balaban J connectivity index is 1.32. The van der Waals surface area contributed by atoms with Crippen LogP contribution in [-0.4, -0.2) is 8.07 Å². The quantitative estimate of drug-likeness (QED) is 0.224. The summed E-state index contributed by atoms with van der Waals surface area (Å²) in [6.45, 7) is 4.67. The highest BCUT2D eigenvalue weighted by molar-refractivity contribution is 6.92. The number of benzene rings is 2. The molecule has 0 amide bonds. The fraction of sp³-hybridized carbons (Fsp3) is 0.636. The van der Waals surface area contributed by atoms with Gasteiger partial charge in [0.25, 0.3) is 0 Å². The van der Waals surface area contributed by atoms with E-state index < -0.39 is 8.07 Å². The molecule has 4 rings (SSSR count). The van der Waals surface area contributed by atoms with Crippen molar-refractivity contribution >= 4 is 13.3 Å². The van der Waals surface area contributed by atoms with Gasteiger partial charge in [0.2, 0.25) is 0 Å². The van der Waals surface area contributed by atoms with Gasteiger partial charge in [-0.2, -0.15) is 0 Å². The monoisotopic (exact) mass is 474 g/mol. The smallest absolute Gasteiger partial charge is 0.0654 e. The number of hydrogen-bond donors (Lipinski definition) is 0. The van der Waals surface area contributed by atoms with Crippen molar-refractivity contribution in [3.05, 3.63) is 65.7 Å². The molecule has 1 heteroatoms. The number of hydrogen-bond acceptors (Lipinski definition) is 0. The second-order valence-electron chi connectivity index (χ2n) is 11.8. The normalized spacial score (nSPS) is 27.5. The van der Waals surface area contributed by atoms with Crippen molar-refractivity contribution in [2.75, 3.05) is 0 Å². The molecule has 1 saturated heterocycles. The van der Waals surface area contributed by atoms with Crippen molar-refractivity contribution in [1.82, 2.24) is 0 Å². The molecular weight excluding hydrogens is 424 g/mol. The first-order valence-electron chi connectivity index (χ1n) is 14.9. The van der Waals surface area contributed by atoms with Crippen molar-refractivity contribution in [3.8, 4) is 0 Å². The Bertz CT molecular complexity index is 807. The molecule has 0 radical (unpaired) electrons. The molecule has 1 aliphatic carbocycles. The van der Waals surface area contributed by atoms with Crippen LogP contribution in [0.25, 0.3) is 0 Å². The summed E-state index contributed by atoms with van der Waals surface area (Å²) in [5, 5.41) is 1.74. The second-order valence-corrected chi connectivity index (χ2v) is 16.4. The Morgan fingerprint density at radius 1 is 0.618 bits per heavy atom. The summed E-state index contributed by atoms with van der Waals surface area (Å²) < 4.78 is 0. The largest absolute Gasteiger partial charge is 0.0867 e. The third-order valence-corrected chi connectivity index (χ3v) is 14.9. The number of unbranched alkanes of at least 4 members (excludes halogenated alkanes) is 4. The zero-order valence-electron chi connectivity index (χ0n) is 22.2. The van der Waals surface area contributed by atoms with E-state index in [4.69, 9.17) is 0 Å². The summed E-state index contributed by atoms with van der Waals surface area (Å²) >= 11 is 0. The minimum Gasteiger partial charge on any atom is -0.0654 e. The van der Waals surface area contributed by atoms with E-state index >= 15 is 0 Å². The van der Waals surface area contributed by atoms with E-state index in [0.29, 0.717) is 0 Å². The first-order valence-corrected chi connectivity index (χ1v) is 17.5. The zero-order valence-corrected chi connectivity index (χ0v) is 23.2. The first kappa shape index (κ1) is 25.7. The fourth-order valence-corrected chi connectivity index (χ4v) is 12.4. The molecule has 186 valence electrons. The molecule has 0 aromatic heterocycles. The summed E-state index contributed by atoms with van der Waals surface area (Å²) in [5.41, 5.74) is 3.25. The second kappa shape index (κ2) is 13.1. The van der Waals surface area contributed by atoms with Crippen LogP contribution >= 0.6 is 0 Å². The van der Waals surface area contributed by atoms with Crippen molar-refractivity contribution in [2.45, 2.75) is 127 Å². The minimum absolute atomic E-state index is 0.791. The van der Waals surface area contributed by atoms with Gasteiger partial charge in [-0.3, -0.25) is 0 Å². The molecule has 1 saturated carbocycles. The van der Waals surface area contributed by atoms with Gasteiger partial charge in [-0.15, -0.1) is 0 Å². The van der Waals surface area contributed by atoms with E-state index in [2.05, 4.69) is 68.4 Å². The van der Waals surface area contributed by atoms with Crippen LogP contribution < -0.4 is 5.19 Å². The Morgan fingerprint density at radius 2 is 1.18 bits per heavy atom. The highest BCUT2D eigenvalue weighted by atomic mass is 28.3. The van der Waals surface area contributed by atoms with E-state index in [-0.39, 0.29) is 0 Å². The van der Waals surface area contributed by atoms with Crippen LogP contribution in [0.5, 0.6) is 0 Å². The molecule has 2 aliphatic rings. The molecule has 1 aliphatic heterocycles. The maximum absolute atomic E-state index is 2.52. The minimum atomic E-state index is -1.33. The van der Waals surface area contributed by atoms with Gasteiger partial charge in [0.05, 0.1) is 8.07 Å². The van der Waals surface area contributed by atoms with Crippen LogP contribution in [0.1, 0.15) is 120 Å². The molecule has 1 heterocycles. The lowest BCUT2D eigenvalue weighted by atomic mass is 9.76. The SMILES string of the molecule is CCCCCC1CCC(c2ccc(C3CC[Si](CCCCC)(c4ccccc4)CC3)cc2)CC1. The standard InChI is InChI=1S/C33H50Si/c1-3-5-8-12-28-15-17-29(18-16-28)30-19-21-31(22-20-30)32-23-26-34(27-24-32,25-11-6-4-2)33-13-9-7-10-14-33/h7,9-10,13-14,19-22,28-29,32H,3-6,8,11-12,15-18,23-27H2,1-2H3. The van der Waals surface area contributed by atoms with Crippen molar-refractivity contribution in [1.29, 1.82) is 0 Å². The zero-order chi connectivity index (χ0) is 23.6.